The minimum atomic E-state index is -0.619. The lowest BCUT2D eigenvalue weighted by atomic mass is 10.2. The van der Waals surface area contributed by atoms with Crippen LogP contribution in [0.25, 0.3) is 33.6 Å². The summed E-state index contributed by atoms with van der Waals surface area (Å²) >= 11 is 0. The summed E-state index contributed by atoms with van der Waals surface area (Å²) in [4.78, 5) is 29.0. The molecule has 29 heavy (non-hydrogen) atoms. The summed E-state index contributed by atoms with van der Waals surface area (Å²) in [5.41, 5.74) is 1.09. The molecule has 9 heteroatoms. The van der Waals surface area contributed by atoms with Gasteiger partial charge in [0.2, 0.25) is 11.3 Å². The van der Waals surface area contributed by atoms with Crippen molar-refractivity contribution >= 4 is 28.0 Å². The van der Waals surface area contributed by atoms with Crippen LogP contribution in [-0.2, 0) is 22.7 Å². The van der Waals surface area contributed by atoms with Crippen LogP contribution >= 0.6 is 0 Å². The van der Waals surface area contributed by atoms with E-state index in [1.165, 1.54) is 12.6 Å². The van der Waals surface area contributed by atoms with Crippen molar-refractivity contribution in [2.75, 3.05) is 0 Å². The van der Waals surface area contributed by atoms with Crippen LogP contribution in [0.4, 0.5) is 0 Å². The summed E-state index contributed by atoms with van der Waals surface area (Å²) in [7, 11) is 0. The van der Waals surface area contributed by atoms with E-state index in [4.69, 9.17) is 18.1 Å². The van der Waals surface area contributed by atoms with E-state index in [0.29, 0.717) is 28.3 Å². The minimum absolute atomic E-state index is 0.0982. The van der Waals surface area contributed by atoms with Crippen LogP contribution in [0.15, 0.2) is 73.2 Å². The van der Waals surface area contributed by atoms with Gasteiger partial charge in [-0.05, 0) is 24.3 Å². The van der Waals surface area contributed by atoms with Gasteiger partial charge in [0.25, 0.3) is 5.56 Å². The molecule has 0 amide bonds. The topological polar surface area (TPSA) is 114 Å². The number of benzene rings is 1. The average molecular weight is 391 g/mol. The van der Waals surface area contributed by atoms with Crippen LogP contribution in [0.1, 0.15) is 5.69 Å². The Morgan fingerprint density at radius 1 is 1.14 bits per heavy atom. The summed E-state index contributed by atoms with van der Waals surface area (Å²) in [6.07, 6.45) is 2.82. The predicted octanol–water partition coefficient (Wildman–Crippen LogP) is 3.13. The maximum Gasteiger partial charge on any atom is 0.326 e. The zero-order chi connectivity index (χ0) is 19.8. The van der Waals surface area contributed by atoms with Gasteiger partial charge in [-0.15, -0.1) is 0 Å². The summed E-state index contributed by atoms with van der Waals surface area (Å²) in [5.74, 6) is 0.329. The molecular weight excluding hydrogens is 378 g/mol. The van der Waals surface area contributed by atoms with E-state index in [0.717, 1.165) is 9.95 Å². The number of fused-ring (bicyclic) bond motifs is 3. The first-order valence-electron chi connectivity index (χ1n) is 8.71. The number of nitrogens with zero attached hydrogens (tertiary/aromatic N) is 3. The van der Waals surface area contributed by atoms with E-state index >= 15 is 0 Å². The molecule has 0 fully saturated rings. The zero-order valence-electron chi connectivity index (χ0n) is 14.9. The standard InChI is InChI=1S/C20H13N3O6/c24-17(27-10-12-8-16(29-22-12)15-6-3-7-26-15)9-23-11-21-18-13-4-1-2-5-14(13)28-19(18)20(23)25/h1-8,11H,9-10H2. The monoisotopic (exact) mass is 391 g/mol. The molecule has 9 nitrogen and oxygen atoms in total. The third kappa shape index (κ3) is 3.08. The van der Waals surface area contributed by atoms with E-state index < -0.39 is 11.5 Å². The fraction of sp³-hybridized carbons (Fsp3) is 0.100. The van der Waals surface area contributed by atoms with Crippen LogP contribution in [0, 0.1) is 0 Å². The van der Waals surface area contributed by atoms with Crippen molar-refractivity contribution in [1.82, 2.24) is 14.7 Å². The number of hydrogen-bond acceptors (Lipinski definition) is 8. The van der Waals surface area contributed by atoms with E-state index in [-0.39, 0.29) is 18.7 Å². The van der Waals surface area contributed by atoms with Crippen LogP contribution in [0.3, 0.4) is 0 Å². The first kappa shape index (κ1) is 17.0. The van der Waals surface area contributed by atoms with Crippen molar-refractivity contribution in [2.45, 2.75) is 13.2 Å². The lowest BCUT2D eigenvalue weighted by Gasteiger charge is -2.04. The molecule has 0 atom stereocenters. The quantitative estimate of drug-likeness (QED) is 0.420. The molecule has 0 saturated carbocycles. The predicted molar refractivity (Wildman–Crippen MR) is 99.8 cm³/mol. The second kappa shape index (κ2) is 6.79. The van der Waals surface area contributed by atoms with Crippen molar-refractivity contribution < 1.29 is 22.9 Å². The molecule has 5 aromatic rings. The SMILES string of the molecule is O=C(Cn1cnc2c(oc3ccccc32)c1=O)OCc1cc(-c2ccco2)on1. The van der Waals surface area contributed by atoms with Gasteiger partial charge in [0.15, 0.2) is 5.76 Å². The van der Waals surface area contributed by atoms with E-state index in [1.807, 2.05) is 18.2 Å². The maximum atomic E-state index is 12.6. The van der Waals surface area contributed by atoms with Crippen molar-refractivity contribution in [3.8, 4) is 11.5 Å². The van der Waals surface area contributed by atoms with Crippen molar-refractivity contribution in [2.24, 2.45) is 0 Å². The highest BCUT2D eigenvalue weighted by molar-refractivity contribution is 6.01. The van der Waals surface area contributed by atoms with E-state index in [9.17, 15) is 9.59 Å². The molecular formula is C20H13N3O6. The molecule has 0 aliphatic rings. The molecule has 0 saturated heterocycles. The second-order valence-electron chi connectivity index (χ2n) is 6.27. The van der Waals surface area contributed by atoms with Gasteiger partial charge in [0, 0.05) is 11.5 Å². The molecule has 0 aliphatic carbocycles. The lowest BCUT2D eigenvalue weighted by Crippen LogP contribution is -2.25. The Kier molecular flexibility index (Phi) is 3.98. The Morgan fingerprint density at radius 2 is 2.03 bits per heavy atom. The Morgan fingerprint density at radius 3 is 2.90 bits per heavy atom. The van der Waals surface area contributed by atoms with Crippen molar-refractivity contribution in [3.63, 3.8) is 0 Å². The maximum absolute atomic E-state index is 12.6. The molecule has 0 radical (unpaired) electrons. The molecule has 1 aromatic carbocycles. The number of ether oxygens (including phenoxy) is 1. The summed E-state index contributed by atoms with van der Waals surface area (Å²) < 4.78 is 22.3. The first-order valence-corrected chi connectivity index (χ1v) is 8.71. The molecule has 4 aromatic heterocycles. The van der Waals surface area contributed by atoms with Gasteiger partial charge in [-0.2, -0.15) is 0 Å². The zero-order valence-corrected chi connectivity index (χ0v) is 14.9. The number of carbonyl (C=O) groups excluding carboxylic acids is 1. The van der Waals surface area contributed by atoms with Crippen LogP contribution < -0.4 is 5.56 Å². The number of esters is 1. The highest BCUT2D eigenvalue weighted by Gasteiger charge is 2.16. The number of hydrogen-bond donors (Lipinski definition) is 0. The normalized spacial score (nSPS) is 11.3. The lowest BCUT2D eigenvalue weighted by molar-refractivity contribution is -0.145. The molecule has 144 valence electrons. The summed E-state index contributed by atoms with van der Waals surface area (Å²) in [6, 6.07) is 12.3. The Labute approximate surface area is 162 Å². The van der Waals surface area contributed by atoms with Gasteiger partial charge in [-0.1, -0.05) is 17.3 Å². The third-order valence-electron chi connectivity index (χ3n) is 4.35. The largest absolute Gasteiger partial charge is 0.461 e. The Bertz CT molecular complexity index is 1380. The molecule has 0 spiro atoms. The van der Waals surface area contributed by atoms with Gasteiger partial charge in [-0.25, -0.2) is 4.98 Å². The number of aromatic nitrogens is 3. The number of furan rings is 2. The molecule has 0 N–H and O–H groups in total. The fourth-order valence-corrected chi connectivity index (χ4v) is 2.98. The summed E-state index contributed by atoms with van der Waals surface area (Å²) in [6.45, 7) is -0.403. The second-order valence-corrected chi connectivity index (χ2v) is 6.27. The van der Waals surface area contributed by atoms with Gasteiger partial charge in [-0.3, -0.25) is 14.2 Å². The van der Waals surface area contributed by atoms with Gasteiger partial charge in [0.05, 0.1) is 12.6 Å². The molecule has 0 aliphatic heterocycles. The highest BCUT2D eigenvalue weighted by atomic mass is 16.5. The number of rotatable bonds is 5. The van der Waals surface area contributed by atoms with E-state index in [1.54, 1.807) is 24.3 Å². The Balaban J connectivity index is 1.30. The molecule has 0 bridgehead atoms. The highest BCUT2D eigenvalue weighted by Crippen LogP contribution is 2.24. The summed E-state index contributed by atoms with van der Waals surface area (Å²) in [5, 5.41) is 4.57. The molecule has 4 heterocycles. The Hall–Kier alpha value is -4.14. The molecule has 0 unspecified atom stereocenters. The van der Waals surface area contributed by atoms with Gasteiger partial charge < -0.3 is 18.1 Å². The third-order valence-corrected chi connectivity index (χ3v) is 4.35. The number of para-hydroxylation sites is 1. The van der Waals surface area contributed by atoms with E-state index in [2.05, 4.69) is 10.1 Å². The average Bonchev–Trinajstić information content (AvgIpc) is 3.48. The van der Waals surface area contributed by atoms with Crippen LogP contribution in [0.5, 0.6) is 0 Å². The first-order chi connectivity index (χ1) is 14.2. The van der Waals surface area contributed by atoms with Gasteiger partial charge >= 0.3 is 5.97 Å². The van der Waals surface area contributed by atoms with Crippen molar-refractivity contribution in [3.05, 3.63) is 71.1 Å². The smallest absolute Gasteiger partial charge is 0.326 e. The fourth-order valence-electron chi connectivity index (χ4n) is 2.98. The van der Waals surface area contributed by atoms with Crippen LogP contribution in [0.2, 0.25) is 0 Å². The minimum Gasteiger partial charge on any atom is -0.461 e. The number of carbonyl (C=O) groups is 1. The van der Waals surface area contributed by atoms with Crippen molar-refractivity contribution in [1.29, 1.82) is 0 Å². The van der Waals surface area contributed by atoms with Gasteiger partial charge in [0.1, 0.15) is 29.9 Å². The molecule has 5 rings (SSSR count). The van der Waals surface area contributed by atoms with Crippen LogP contribution in [-0.4, -0.2) is 20.7 Å².